The van der Waals surface area contributed by atoms with Gasteiger partial charge in [-0.2, -0.15) is 0 Å². The van der Waals surface area contributed by atoms with Gasteiger partial charge in [0.05, 0.1) is 0 Å². The molecule has 1 aliphatic heterocycles. The zero-order valence-corrected chi connectivity index (χ0v) is 20.6. The van der Waals surface area contributed by atoms with Crippen molar-refractivity contribution in [2.75, 3.05) is 26.7 Å². The molecular weight excluding hydrogens is 414 g/mol. The van der Waals surface area contributed by atoms with Crippen LogP contribution in [-0.4, -0.2) is 52.9 Å². The van der Waals surface area contributed by atoms with Gasteiger partial charge in [-0.3, -0.25) is 14.4 Å². The summed E-state index contributed by atoms with van der Waals surface area (Å²) in [5.74, 6) is 0.211. The number of likely N-dealkylation sites (tertiary alicyclic amines) is 1. The molecular formula is C27H37N3O3. The molecule has 1 aromatic carbocycles. The van der Waals surface area contributed by atoms with E-state index in [9.17, 15) is 14.4 Å². The predicted molar refractivity (Wildman–Crippen MR) is 132 cm³/mol. The lowest BCUT2D eigenvalue weighted by Gasteiger charge is -2.32. The van der Waals surface area contributed by atoms with Crippen LogP contribution in [0.4, 0.5) is 0 Å². The summed E-state index contributed by atoms with van der Waals surface area (Å²) in [6.07, 6.45) is 6.04. The number of aromatic nitrogens is 1. The SMILES string of the molecule is CC(C)CN(C)C(=O)c1cn(C(C)C)cc(C(=O)N2CCC(Cc3ccccc3)CC2)c1=O. The fraction of sp³-hybridized carbons (Fsp3) is 0.519. The van der Waals surface area contributed by atoms with Gasteiger partial charge in [0.25, 0.3) is 11.8 Å². The van der Waals surface area contributed by atoms with E-state index in [1.54, 1.807) is 33.8 Å². The molecule has 2 amide bonds. The van der Waals surface area contributed by atoms with Crippen LogP contribution in [0.25, 0.3) is 0 Å². The molecule has 0 unspecified atom stereocenters. The molecule has 0 bridgehead atoms. The van der Waals surface area contributed by atoms with Crippen molar-refractivity contribution in [3.63, 3.8) is 0 Å². The number of rotatable bonds is 7. The van der Waals surface area contributed by atoms with Crippen LogP contribution in [0, 0.1) is 11.8 Å². The fourth-order valence-electron chi connectivity index (χ4n) is 4.49. The summed E-state index contributed by atoms with van der Waals surface area (Å²) in [6, 6.07) is 10.4. The highest BCUT2D eigenvalue weighted by Crippen LogP contribution is 2.23. The summed E-state index contributed by atoms with van der Waals surface area (Å²) in [5.41, 5.74) is 1.01. The van der Waals surface area contributed by atoms with E-state index in [-0.39, 0.29) is 34.9 Å². The zero-order chi connectivity index (χ0) is 24.1. The molecule has 2 aromatic rings. The zero-order valence-electron chi connectivity index (χ0n) is 20.6. The van der Waals surface area contributed by atoms with E-state index in [0.717, 1.165) is 19.3 Å². The van der Waals surface area contributed by atoms with Crippen molar-refractivity contribution in [1.29, 1.82) is 0 Å². The van der Waals surface area contributed by atoms with Gasteiger partial charge in [-0.1, -0.05) is 44.2 Å². The van der Waals surface area contributed by atoms with Gasteiger partial charge in [-0.15, -0.1) is 0 Å². The molecule has 6 heteroatoms. The van der Waals surface area contributed by atoms with Gasteiger partial charge >= 0.3 is 0 Å². The van der Waals surface area contributed by atoms with E-state index in [1.165, 1.54) is 5.56 Å². The average Bonchev–Trinajstić information content (AvgIpc) is 2.79. The van der Waals surface area contributed by atoms with Crippen molar-refractivity contribution in [3.05, 3.63) is 69.6 Å². The molecule has 0 N–H and O–H groups in total. The first-order chi connectivity index (χ1) is 15.7. The summed E-state index contributed by atoms with van der Waals surface area (Å²) in [7, 11) is 1.70. The van der Waals surface area contributed by atoms with Gasteiger partial charge in [-0.25, -0.2) is 0 Å². The van der Waals surface area contributed by atoms with Gasteiger partial charge in [0.1, 0.15) is 11.1 Å². The monoisotopic (exact) mass is 451 g/mol. The lowest BCUT2D eigenvalue weighted by molar-refractivity contribution is 0.0688. The highest BCUT2D eigenvalue weighted by molar-refractivity contribution is 5.99. The minimum absolute atomic E-state index is 0.0238. The van der Waals surface area contributed by atoms with E-state index in [4.69, 9.17) is 0 Å². The Labute approximate surface area is 197 Å². The van der Waals surface area contributed by atoms with Crippen molar-refractivity contribution < 1.29 is 9.59 Å². The molecule has 0 aliphatic carbocycles. The second-order valence-electron chi connectivity index (χ2n) is 9.96. The number of pyridine rings is 1. The molecule has 33 heavy (non-hydrogen) atoms. The molecule has 0 saturated carbocycles. The Morgan fingerprint density at radius 3 is 2.18 bits per heavy atom. The number of amides is 2. The maximum absolute atomic E-state index is 13.4. The summed E-state index contributed by atoms with van der Waals surface area (Å²) >= 11 is 0. The average molecular weight is 452 g/mol. The molecule has 1 aliphatic rings. The Morgan fingerprint density at radius 2 is 1.61 bits per heavy atom. The van der Waals surface area contributed by atoms with Crippen molar-refractivity contribution in [3.8, 4) is 0 Å². The maximum atomic E-state index is 13.4. The van der Waals surface area contributed by atoms with E-state index < -0.39 is 5.43 Å². The predicted octanol–water partition coefficient (Wildman–Crippen LogP) is 4.25. The van der Waals surface area contributed by atoms with Crippen LogP contribution in [-0.2, 0) is 6.42 Å². The molecule has 1 saturated heterocycles. The van der Waals surface area contributed by atoms with Crippen LogP contribution < -0.4 is 5.43 Å². The van der Waals surface area contributed by atoms with Crippen LogP contribution in [0.2, 0.25) is 0 Å². The van der Waals surface area contributed by atoms with Gasteiger partial charge in [0, 0.05) is 45.1 Å². The Morgan fingerprint density at radius 1 is 1.00 bits per heavy atom. The Kier molecular flexibility index (Phi) is 8.11. The molecule has 2 heterocycles. The lowest BCUT2D eigenvalue weighted by Crippen LogP contribution is -2.42. The largest absolute Gasteiger partial charge is 0.350 e. The van der Waals surface area contributed by atoms with Gasteiger partial charge in [0.15, 0.2) is 0 Å². The number of nitrogens with zero attached hydrogens (tertiary/aromatic N) is 3. The fourth-order valence-corrected chi connectivity index (χ4v) is 4.49. The second-order valence-corrected chi connectivity index (χ2v) is 9.96. The highest BCUT2D eigenvalue weighted by Gasteiger charge is 2.28. The van der Waals surface area contributed by atoms with Crippen LogP contribution in [0.5, 0.6) is 0 Å². The molecule has 6 nitrogen and oxygen atoms in total. The Bertz CT molecular complexity index is 1020. The molecule has 1 fully saturated rings. The van der Waals surface area contributed by atoms with Crippen molar-refractivity contribution in [2.24, 2.45) is 11.8 Å². The van der Waals surface area contributed by atoms with E-state index in [0.29, 0.717) is 25.6 Å². The third-order valence-electron chi connectivity index (χ3n) is 6.36. The van der Waals surface area contributed by atoms with Gasteiger partial charge < -0.3 is 14.4 Å². The van der Waals surface area contributed by atoms with Gasteiger partial charge in [-0.05, 0) is 50.5 Å². The minimum atomic E-state index is -0.469. The second kappa shape index (κ2) is 10.8. The number of hydrogen-bond donors (Lipinski definition) is 0. The quantitative estimate of drug-likeness (QED) is 0.632. The number of hydrogen-bond acceptors (Lipinski definition) is 3. The molecule has 0 spiro atoms. The molecule has 178 valence electrons. The maximum Gasteiger partial charge on any atom is 0.259 e. The van der Waals surface area contributed by atoms with Crippen molar-refractivity contribution >= 4 is 11.8 Å². The van der Waals surface area contributed by atoms with Crippen LogP contribution in [0.15, 0.2) is 47.5 Å². The van der Waals surface area contributed by atoms with Crippen LogP contribution in [0.3, 0.4) is 0 Å². The third-order valence-corrected chi connectivity index (χ3v) is 6.36. The normalized spacial score (nSPS) is 14.7. The molecule has 0 radical (unpaired) electrons. The molecule has 0 atom stereocenters. The van der Waals surface area contributed by atoms with Crippen molar-refractivity contribution in [1.82, 2.24) is 14.4 Å². The molecule has 1 aromatic heterocycles. The smallest absolute Gasteiger partial charge is 0.259 e. The Hall–Kier alpha value is -2.89. The highest BCUT2D eigenvalue weighted by atomic mass is 16.2. The van der Waals surface area contributed by atoms with E-state index in [2.05, 4.69) is 24.3 Å². The minimum Gasteiger partial charge on any atom is -0.350 e. The summed E-state index contributed by atoms with van der Waals surface area (Å²) in [6.45, 7) is 9.80. The third kappa shape index (κ3) is 6.12. The lowest BCUT2D eigenvalue weighted by atomic mass is 9.90. The number of carbonyl (C=O) groups is 2. The molecule has 3 rings (SSSR count). The summed E-state index contributed by atoms with van der Waals surface area (Å²) in [5, 5.41) is 0. The first-order valence-electron chi connectivity index (χ1n) is 12.0. The summed E-state index contributed by atoms with van der Waals surface area (Å²) in [4.78, 5) is 43.0. The Balaban J connectivity index is 1.79. The number of carbonyl (C=O) groups excluding carboxylic acids is 2. The van der Waals surface area contributed by atoms with Crippen LogP contribution >= 0.6 is 0 Å². The summed E-state index contributed by atoms with van der Waals surface area (Å²) < 4.78 is 1.80. The van der Waals surface area contributed by atoms with Crippen LogP contribution in [0.1, 0.15) is 72.9 Å². The van der Waals surface area contributed by atoms with Crippen molar-refractivity contribution in [2.45, 2.75) is 53.0 Å². The van der Waals surface area contributed by atoms with E-state index >= 15 is 0 Å². The first-order valence-corrected chi connectivity index (χ1v) is 12.0. The first kappa shape index (κ1) is 24.7. The number of benzene rings is 1. The standard InChI is InChI=1S/C27H37N3O3/c1-19(2)16-28(5)26(32)23-17-30(20(3)4)18-24(25(23)31)27(33)29-13-11-22(12-14-29)15-21-9-7-6-8-10-21/h6-10,17-20,22H,11-16H2,1-5H3. The van der Waals surface area contributed by atoms with E-state index in [1.807, 2.05) is 33.8 Å². The number of piperidine rings is 1. The topological polar surface area (TPSA) is 62.6 Å². The van der Waals surface area contributed by atoms with Gasteiger partial charge in [0.2, 0.25) is 5.43 Å².